The summed E-state index contributed by atoms with van der Waals surface area (Å²) in [5.41, 5.74) is 2.05. The monoisotopic (exact) mass is 644 g/mol. The molecule has 11 heteroatoms. The summed E-state index contributed by atoms with van der Waals surface area (Å²) in [5.74, 6) is 0.892. The molecule has 2 aliphatic rings. The lowest BCUT2D eigenvalue weighted by Gasteiger charge is -2.35. The van der Waals surface area contributed by atoms with Crippen molar-refractivity contribution in [2.75, 3.05) is 63.7 Å². The summed E-state index contributed by atoms with van der Waals surface area (Å²) in [4.78, 5) is 50.4. The van der Waals surface area contributed by atoms with Gasteiger partial charge in [-0.1, -0.05) is 50.2 Å². The standard InChI is InChI=1S/C17H24N2O3.C14H20N2O2.C3H5ClO/c1-3-16(20)19(15-9-5-4-6-10-15)13-14-8-7-11-18(12-14)17(21)22-2;1-18-14(17)16-9-5-6-12(11-16)10-15-13-7-3-2-4-8-13;1-2-3(4)5/h4-6,9-10,14H,3,7-8,11-13H2,1-2H3;2-4,7-8,12,15H,5-6,9-11H2,1H3;2H2,1H3. The van der Waals surface area contributed by atoms with Crippen LogP contribution in [0.3, 0.4) is 0 Å². The highest BCUT2D eigenvalue weighted by molar-refractivity contribution is 6.63. The molecule has 0 aromatic heterocycles. The number of likely N-dealkylation sites (tertiary alicyclic amines) is 2. The average Bonchev–Trinajstić information content (AvgIpc) is 3.10. The van der Waals surface area contributed by atoms with E-state index in [1.165, 1.54) is 14.2 Å². The summed E-state index contributed by atoms with van der Waals surface area (Å²) < 4.78 is 9.57. The van der Waals surface area contributed by atoms with Crippen molar-refractivity contribution in [1.29, 1.82) is 0 Å². The van der Waals surface area contributed by atoms with Gasteiger partial charge in [0.05, 0.1) is 14.2 Å². The van der Waals surface area contributed by atoms with Crippen LogP contribution >= 0.6 is 11.6 Å². The number of hydrogen-bond donors (Lipinski definition) is 1. The first-order chi connectivity index (χ1) is 21.7. The topological polar surface area (TPSA) is 108 Å². The molecule has 10 nitrogen and oxygen atoms in total. The molecule has 2 aromatic rings. The maximum atomic E-state index is 12.3. The molecular formula is C34H49ClN4O6. The van der Waals surface area contributed by atoms with Crippen LogP contribution in [0.4, 0.5) is 21.0 Å². The second kappa shape index (κ2) is 21.0. The molecule has 0 radical (unpaired) electrons. The quantitative estimate of drug-likeness (QED) is 0.321. The molecule has 2 heterocycles. The molecule has 4 rings (SSSR count). The van der Waals surface area contributed by atoms with Gasteiger partial charge in [-0.2, -0.15) is 0 Å². The summed E-state index contributed by atoms with van der Waals surface area (Å²) in [6, 6.07) is 19.9. The molecule has 1 N–H and O–H groups in total. The number of piperidine rings is 2. The van der Waals surface area contributed by atoms with E-state index in [0.717, 1.165) is 63.2 Å². The van der Waals surface area contributed by atoms with Crippen LogP contribution in [0.15, 0.2) is 60.7 Å². The van der Waals surface area contributed by atoms with E-state index in [4.69, 9.17) is 21.1 Å². The van der Waals surface area contributed by atoms with Gasteiger partial charge in [-0.25, -0.2) is 9.59 Å². The van der Waals surface area contributed by atoms with Crippen molar-refractivity contribution in [3.05, 3.63) is 60.7 Å². The molecule has 2 unspecified atom stereocenters. The number of nitrogens with one attached hydrogen (secondary N) is 1. The number of ether oxygens (including phenoxy) is 2. The lowest BCUT2D eigenvalue weighted by molar-refractivity contribution is -0.118. The molecule has 3 amide bonds. The fraction of sp³-hybridized carbons (Fsp3) is 0.529. The minimum Gasteiger partial charge on any atom is -0.453 e. The van der Waals surface area contributed by atoms with Crippen LogP contribution in [0.5, 0.6) is 0 Å². The van der Waals surface area contributed by atoms with Crippen molar-refractivity contribution in [3.8, 4) is 0 Å². The molecule has 2 atom stereocenters. The van der Waals surface area contributed by atoms with E-state index in [2.05, 4.69) is 17.4 Å². The Hall–Kier alpha value is -3.79. The summed E-state index contributed by atoms with van der Waals surface area (Å²) in [6.07, 6.45) is 4.60. The van der Waals surface area contributed by atoms with Crippen molar-refractivity contribution in [2.45, 2.75) is 52.4 Å². The van der Waals surface area contributed by atoms with Crippen molar-refractivity contribution in [2.24, 2.45) is 11.8 Å². The number of nitrogens with zero attached hydrogens (tertiary/aromatic N) is 3. The maximum Gasteiger partial charge on any atom is 0.409 e. The van der Waals surface area contributed by atoms with Crippen molar-refractivity contribution in [3.63, 3.8) is 0 Å². The summed E-state index contributed by atoms with van der Waals surface area (Å²) in [7, 11) is 2.84. The molecule has 0 bridgehead atoms. The second-order valence-corrected chi connectivity index (χ2v) is 11.4. The van der Waals surface area contributed by atoms with Crippen LogP contribution in [0.2, 0.25) is 0 Å². The predicted octanol–water partition coefficient (Wildman–Crippen LogP) is 6.65. The zero-order chi connectivity index (χ0) is 33.0. The number of amides is 3. The van der Waals surface area contributed by atoms with E-state index in [1.54, 1.807) is 16.7 Å². The predicted molar refractivity (Wildman–Crippen MR) is 179 cm³/mol. The minimum absolute atomic E-state index is 0.112. The minimum atomic E-state index is -0.280. The number of para-hydroxylation sites is 2. The number of halogens is 1. The molecule has 45 heavy (non-hydrogen) atoms. The van der Waals surface area contributed by atoms with Crippen LogP contribution in [-0.2, 0) is 19.1 Å². The van der Waals surface area contributed by atoms with E-state index in [-0.39, 0.29) is 29.3 Å². The SMILES string of the molecule is CCC(=O)Cl.CCC(=O)N(CC1CCCN(C(=O)OC)C1)c1ccccc1.COC(=O)N1CCCC(CNc2ccccc2)C1. The Labute approximate surface area is 273 Å². The third kappa shape index (κ3) is 13.8. The fourth-order valence-corrected chi connectivity index (χ4v) is 5.26. The molecule has 248 valence electrons. The van der Waals surface area contributed by atoms with Gasteiger partial charge in [-0.3, -0.25) is 9.59 Å². The molecular weight excluding hydrogens is 596 g/mol. The van der Waals surface area contributed by atoms with Gasteiger partial charge in [0, 0.05) is 63.5 Å². The van der Waals surface area contributed by atoms with Crippen molar-refractivity contribution >= 4 is 46.3 Å². The van der Waals surface area contributed by atoms with Gasteiger partial charge in [0.25, 0.3) is 0 Å². The normalized spacial score (nSPS) is 17.4. The number of rotatable bonds is 8. The van der Waals surface area contributed by atoms with Crippen molar-refractivity contribution < 1.29 is 28.7 Å². The highest BCUT2D eigenvalue weighted by Gasteiger charge is 2.27. The smallest absolute Gasteiger partial charge is 0.409 e. The number of anilines is 2. The Morgan fingerprint density at radius 2 is 1.29 bits per heavy atom. The zero-order valence-corrected chi connectivity index (χ0v) is 27.8. The molecule has 0 aliphatic carbocycles. The van der Waals surface area contributed by atoms with E-state index in [9.17, 15) is 19.2 Å². The van der Waals surface area contributed by atoms with Gasteiger partial charge in [0.2, 0.25) is 11.1 Å². The Bertz CT molecular complexity index is 1170. The first-order valence-corrected chi connectivity index (χ1v) is 16.1. The number of methoxy groups -OCH3 is 2. The zero-order valence-electron chi connectivity index (χ0n) is 27.1. The van der Waals surface area contributed by atoms with Crippen LogP contribution in [0.1, 0.15) is 52.4 Å². The lowest BCUT2D eigenvalue weighted by Crippen LogP contribution is -2.45. The Morgan fingerprint density at radius 1 is 0.800 bits per heavy atom. The largest absolute Gasteiger partial charge is 0.453 e. The van der Waals surface area contributed by atoms with Gasteiger partial charge in [0.15, 0.2) is 0 Å². The molecule has 2 aromatic carbocycles. The van der Waals surface area contributed by atoms with Crippen molar-refractivity contribution in [1.82, 2.24) is 9.80 Å². The lowest BCUT2D eigenvalue weighted by atomic mass is 9.97. The number of carbonyl (C=O) groups excluding carboxylic acids is 4. The fourth-order valence-electron chi connectivity index (χ4n) is 5.26. The summed E-state index contributed by atoms with van der Waals surface area (Å²) in [5, 5.41) is 3.14. The first-order valence-electron chi connectivity index (χ1n) is 15.7. The Balaban J connectivity index is 0.000000277. The highest BCUT2D eigenvalue weighted by atomic mass is 35.5. The van der Waals surface area contributed by atoms with Gasteiger partial charge in [-0.05, 0) is 73.4 Å². The molecule has 0 spiro atoms. The summed E-state index contributed by atoms with van der Waals surface area (Å²) in [6.45, 7) is 8.11. The third-order valence-electron chi connectivity index (χ3n) is 7.66. The van der Waals surface area contributed by atoms with Crippen LogP contribution in [0, 0.1) is 11.8 Å². The molecule has 2 aliphatic heterocycles. The van der Waals surface area contributed by atoms with E-state index in [1.807, 2.05) is 60.4 Å². The van der Waals surface area contributed by atoms with Gasteiger partial charge in [-0.15, -0.1) is 0 Å². The van der Waals surface area contributed by atoms with Crippen LogP contribution in [0.25, 0.3) is 0 Å². The molecule has 0 saturated carbocycles. The number of benzene rings is 2. The maximum absolute atomic E-state index is 12.3. The molecule has 2 fully saturated rings. The van der Waals surface area contributed by atoms with Gasteiger partial charge < -0.3 is 29.5 Å². The number of hydrogen-bond acceptors (Lipinski definition) is 7. The van der Waals surface area contributed by atoms with E-state index in [0.29, 0.717) is 31.8 Å². The Morgan fingerprint density at radius 3 is 1.78 bits per heavy atom. The van der Waals surface area contributed by atoms with E-state index >= 15 is 0 Å². The van der Waals surface area contributed by atoms with Crippen LogP contribution in [-0.4, -0.2) is 86.6 Å². The van der Waals surface area contributed by atoms with Gasteiger partial charge >= 0.3 is 12.2 Å². The van der Waals surface area contributed by atoms with Gasteiger partial charge in [0.1, 0.15) is 0 Å². The van der Waals surface area contributed by atoms with Crippen LogP contribution < -0.4 is 10.2 Å². The Kier molecular flexibility index (Phi) is 17.5. The molecule has 2 saturated heterocycles. The highest BCUT2D eigenvalue weighted by Crippen LogP contribution is 2.23. The number of carbonyl (C=O) groups is 4. The van der Waals surface area contributed by atoms with E-state index < -0.39 is 0 Å². The summed E-state index contributed by atoms with van der Waals surface area (Å²) >= 11 is 4.82. The first kappa shape index (κ1) is 37.4. The average molecular weight is 645 g/mol. The third-order valence-corrected chi connectivity index (χ3v) is 7.93. The second-order valence-electron chi connectivity index (χ2n) is 11.0.